The maximum absolute atomic E-state index is 13.8. The Morgan fingerprint density at radius 2 is 1.70 bits per heavy atom. The number of ether oxygens (including phenoxy) is 1. The molecule has 2 unspecified atom stereocenters. The van der Waals surface area contributed by atoms with Crippen LogP contribution in [0.4, 0.5) is 26.3 Å². The van der Waals surface area contributed by atoms with E-state index in [1.165, 1.54) is 37.4 Å². The van der Waals surface area contributed by atoms with Crippen molar-refractivity contribution < 1.29 is 45.8 Å². The van der Waals surface area contributed by atoms with Crippen LogP contribution in [0.25, 0.3) is 11.4 Å². The van der Waals surface area contributed by atoms with E-state index >= 15 is 0 Å². The minimum atomic E-state index is -5.08. The predicted octanol–water partition coefficient (Wildman–Crippen LogP) is 3.32. The quantitative estimate of drug-likeness (QED) is 0.207. The van der Waals surface area contributed by atoms with Crippen molar-refractivity contribution in [1.82, 2.24) is 25.0 Å². The van der Waals surface area contributed by atoms with Gasteiger partial charge in [0.1, 0.15) is 6.54 Å². The number of carbonyl (C=O) groups excluding carboxylic acids is 2. The third kappa shape index (κ3) is 9.05. The Morgan fingerprint density at radius 3 is 2.30 bits per heavy atom. The van der Waals surface area contributed by atoms with Crippen molar-refractivity contribution in [2.75, 3.05) is 20.3 Å². The molecule has 0 spiro atoms. The Morgan fingerprint density at radius 1 is 1.05 bits per heavy atom. The molecular formula is C26H26ClF6N5O5. The first kappa shape index (κ1) is 33.6. The molecule has 0 fully saturated rings. The van der Waals surface area contributed by atoms with Crippen LogP contribution in [0.15, 0.2) is 53.3 Å². The zero-order valence-corrected chi connectivity index (χ0v) is 23.1. The number of amides is 2. The fourth-order valence-corrected chi connectivity index (χ4v) is 4.15. The number of alkyl halides is 6. The lowest BCUT2D eigenvalue weighted by atomic mass is 9.97. The van der Waals surface area contributed by atoms with Crippen LogP contribution in [0.3, 0.4) is 0 Å². The van der Waals surface area contributed by atoms with Crippen LogP contribution < -0.4 is 16.3 Å². The topological polar surface area (TPSA) is 127 Å². The monoisotopic (exact) mass is 637 g/mol. The molecule has 234 valence electrons. The fourth-order valence-electron chi connectivity index (χ4n) is 4.02. The molecule has 0 saturated heterocycles. The lowest BCUT2D eigenvalue weighted by Crippen LogP contribution is -2.40. The summed E-state index contributed by atoms with van der Waals surface area (Å²) in [5, 5.41) is 18.6. The lowest BCUT2D eigenvalue weighted by molar-refractivity contribution is -0.207. The van der Waals surface area contributed by atoms with Crippen molar-refractivity contribution in [2.45, 2.75) is 44.0 Å². The average Bonchev–Trinajstić information content (AvgIpc) is 3.22. The number of hydrogen-bond acceptors (Lipinski definition) is 6. The van der Waals surface area contributed by atoms with Crippen LogP contribution in [0.5, 0.6) is 0 Å². The average molecular weight is 638 g/mol. The zero-order chi connectivity index (χ0) is 31.9. The van der Waals surface area contributed by atoms with Gasteiger partial charge < -0.3 is 20.5 Å². The Kier molecular flexibility index (Phi) is 11.0. The van der Waals surface area contributed by atoms with Crippen molar-refractivity contribution >= 4 is 23.4 Å². The predicted molar refractivity (Wildman–Crippen MR) is 141 cm³/mol. The number of aromatic nitrogens is 3. The molecule has 10 nitrogen and oxygen atoms in total. The molecule has 0 saturated carbocycles. The van der Waals surface area contributed by atoms with Crippen LogP contribution in [0.1, 0.15) is 23.6 Å². The second kappa shape index (κ2) is 14.1. The number of hydrogen-bond donors (Lipinski definition) is 3. The fraction of sp³-hybridized carbons (Fsp3) is 0.385. The normalized spacial score (nSPS) is 13.4. The standard InChI is InChI=1S/C26H26ClF6N5O5/c1-43-11-10-34-21(40)12-19(17-4-2-3-5-18(17)25(28,29)30)35-22(41)14-38-24(42)37(13-20(39)26(31,32)33)23(36-38)15-6-8-16(27)9-7-15/h2-9,19-20,39H,10-14H2,1H3,(H,34,40)(H,35,41). The summed E-state index contributed by atoms with van der Waals surface area (Å²) in [5.41, 5.74) is -2.64. The summed E-state index contributed by atoms with van der Waals surface area (Å²) < 4.78 is 86.4. The second-order valence-electron chi connectivity index (χ2n) is 9.19. The molecule has 3 rings (SSSR count). The van der Waals surface area contributed by atoms with Crippen molar-refractivity contribution in [3.63, 3.8) is 0 Å². The molecule has 3 aromatic rings. The molecule has 1 heterocycles. The molecule has 2 aromatic carbocycles. The number of methoxy groups -OCH3 is 1. The van der Waals surface area contributed by atoms with Gasteiger partial charge in [0, 0.05) is 24.2 Å². The first-order chi connectivity index (χ1) is 20.1. The van der Waals surface area contributed by atoms with E-state index in [0.717, 1.165) is 18.2 Å². The van der Waals surface area contributed by atoms with Gasteiger partial charge in [-0.1, -0.05) is 29.8 Å². The molecule has 0 aliphatic rings. The second-order valence-corrected chi connectivity index (χ2v) is 9.63. The molecule has 0 aliphatic carbocycles. The first-order valence-corrected chi connectivity index (χ1v) is 12.9. The van der Waals surface area contributed by atoms with E-state index in [2.05, 4.69) is 15.7 Å². The summed E-state index contributed by atoms with van der Waals surface area (Å²) in [6.07, 6.45) is -13.5. The number of aliphatic hydroxyl groups is 1. The van der Waals surface area contributed by atoms with E-state index in [-0.39, 0.29) is 29.6 Å². The molecular weight excluding hydrogens is 612 g/mol. The van der Waals surface area contributed by atoms with Crippen LogP contribution >= 0.6 is 11.6 Å². The molecule has 3 N–H and O–H groups in total. The Labute approximate surface area is 245 Å². The number of carbonyl (C=O) groups is 2. The summed E-state index contributed by atoms with van der Waals surface area (Å²) >= 11 is 5.86. The Hall–Kier alpha value is -3.89. The lowest BCUT2D eigenvalue weighted by Gasteiger charge is -2.22. The van der Waals surface area contributed by atoms with Gasteiger partial charge in [0.25, 0.3) is 0 Å². The maximum atomic E-state index is 13.8. The summed E-state index contributed by atoms with van der Waals surface area (Å²) in [6.45, 7) is -2.04. The van der Waals surface area contributed by atoms with E-state index in [1.54, 1.807) is 0 Å². The molecule has 1 aromatic heterocycles. The Balaban J connectivity index is 1.95. The molecule has 43 heavy (non-hydrogen) atoms. The number of nitrogens with zero attached hydrogens (tertiary/aromatic N) is 3. The largest absolute Gasteiger partial charge is 0.416 e. The molecule has 0 radical (unpaired) electrons. The van der Waals surface area contributed by atoms with Crippen LogP contribution in [-0.2, 0) is 33.6 Å². The first-order valence-electron chi connectivity index (χ1n) is 12.5. The highest BCUT2D eigenvalue weighted by Crippen LogP contribution is 2.35. The SMILES string of the molecule is COCCNC(=O)CC(NC(=O)Cn1nc(-c2ccc(Cl)cc2)n(CC(O)C(F)(F)F)c1=O)c1ccccc1C(F)(F)F. The van der Waals surface area contributed by atoms with Gasteiger partial charge >= 0.3 is 18.0 Å². The van der Waals surface area contributed by atoms with E-state index in [1.807, 2.05) is 0 Å². The third-order valence-electron chi connectivity index (χ3n) is 6.05. The summed E-state index contributed by atoms with van der Waals surface area (Å²) in [7, 11) is 1.38. The van der Waals surface area contributed by atoms with Gasteiger partial charge in [-0.3, -0.25) is 14.2 Å². The van der Waals surface area contributed by atoms with E-state index < -0.39 is 72.6 Å². The van der Waals surface area contributed by atoms with Gasteiger partial charge in [-0.2, -0.15) is 26.3 Å². The van der Waals surface area contributed by atoms with Crippen molar-refractivity contribution in [2.24, 2.45) is 0 Å². The zero-order valence-electron chi connectivity index (χ0n) is 22.4. The van der Waals surface area contributed by atoms with Crippen LogP contribution in [-0.4, -0.2) is 63.8 Å². The number of aliphatic hydroxyl groups excluding tert-OH is 1. The smallest absolute Gasteiger partial charge is 0.383 e. The minimum absolute atomic E-state index is 0.0427. The highest BCUT2D eigenvalue weighted by atomic mass is 35.5. The number of nitrogens with one attached hydrogen (secondary N) is 2. The molecule has 17 heteroatoms. The maximum Gasteiger partial charge on any atom is 0.416 e. The molecule has 0 aliphatic heterocycles. The van der Waals surface area contributed by atoms with E-state index in [9.17, 15) is 45.8 Å². The summed E-state index contributed by atoms with van der Waals surface area (Å²) in [5.74, 6) is -2.13. The van der Waals surface area contributed by atoms with Crippen molar-refractivity contribution in [1.29, 1.82) is 0 Å². The highest BCUT2D eigenvalue weighted by molar-refractivity contribution is 6.30. The van der Waals surface area contributed by atoms with Crippen LogP contribution in [0.2, 0.25) is 5.02 Å². The van der Waals surface area contributed by atoms with Crippen molar-refractivity contribution in [3.05, 3.63) is 75.2 Å². The van der Waals surface area contributed by atoms with Gasteiger partial charge in [-0.15, -0.1) is 5.10 Å². The van der Waals surface area contributed by atoms with Gasteiger partial charge in [0.2, 0.25) is 11.8 Å². The van der Waals surface area contributed by atoms with Crippen LogP contribution in [0, 0.1) is 0 Å². The molecule has 0 bridgehead atoms. The Bertz CT molecular complexity index is 1470. The van der Waals surface area contributed by atoms with Gasteiger partial charge in [-0.25, -0.2) is 9.48 Å². The van der Waals surface area contributed by atoms with Gasteiger partial charge in [-0.05, 0) is 35.9 Å². The number of benzene rings is 2. The van der Waals surface area contributed by atoms with Gasteiger partial charge in [0.05, 0.1) is 31.2 Å². The summed E-state index contributed by atoms with van der Waals surface area (Å²) in [6, 6.07) is 8.17. The molecule has 2 atom stereocenters. The molecule has 2 amide bonds. The third-order valence-corrected chi connectivity index (χ3v) is 6.30. The summed E-state index contributed by atoms with van der Waals surface area (Å²) in [4.78, 5) is 38.6. The van der Waals surface area contributed by atoms with Gasteiger partial charge in [0.15, 0.2) is 11.9 Å². The van der Waals surface area contributed by atoms with Crippen molar-refractivity contribution in [3.8, 4) is 11.4 Å². The number of halogens is 7. The van der Waals surface area contributed by atoms with E-state index in [4.69, 9.17) is 16.3 Å². The highest BCUT2D eigenvalue weighted by Gasteiger charge is 2.40. The van der Waals surface area contributed by atoms with E-state index in [0.29, 0.717) is 9.25 Å². The minimum Gasteiger partial charge on any atom is -0.383 e. The number of rotatable bonds is 12.